The van der Waals surface area contributed by atoms with E-state index in [0.717, 1.165) is 4.47 Å². The fourth-order valence-electron chi connectivity index (χ4n) is 1.97. The zero-order chi connectivity index (χ0) is 17.3. The van der Waals surface area contributed by atoms with Crippen LogP contribution in [0.1, 0.15) is 16.3 Å². The zero-order valence-corrected chi connectivity index (χ0v) is 13.4. The number of carboxylic acids is 1. The van der Waals surface area contributed by atoms with Crippen LogP contribution in [0, 0.1) is 0 Å². The molecule has 0 spiro atoms. The summed E-state index contributed by atoms with van der Waals surface area (Å²) in [6, 6.07) is 1.76. The van der Waals surface area contributed by atoms with Gasteiger partial charge in [0.25, 0.3) is 5.56 Å². The molecular weight excluding hydrogens is 384 g/mol. The first-order valence-electron chi connectivity index (χ1n) is 6.51. The molecule has 0 atom stereocenters. The van der Waals surface area contributed by atoms with Crippen molar-refractivity contribution in [3.63, 3.8) is 0 Å². The number of H-pyrrole nitrogens is 1. The third-order valence-electron chi connectivity index (χ3n) is 3.03. The van der Waals surface area contributed by atoms with Crippen molar-refractivity contribution >= 4 is 38.8 Å². The number of carboxylic acid groups (broad SMARTS) is 1. The molecule has 0 bridgehead atoms. The first-order chi connectivity index (χ1) is 11.5. The number of fused-ring (bicyclic) bond motifs is 1. The Bertz CT molecular complexity index is 1010. The lowest BCUT2D eigenvalue weighted by atomic mass is 10.3. The van der Waals surface area contributed by atoms with Gasteiger partial charge in [0.2, 0.25) is 5.75 Å². The molecular formula is C13H9BrN6O4. The molecule has 0 aliphatic heterocycles. The Balaban J connectivity index is 1.93. The minimum Gasteiger partial charge on any atom is -0.501 e. The summed E-state index contributed by atoms with van der Waals surface area (Å²) in [4.78, 5) is 40.8. The lowest BCUT2D eigenvalue weighted by Crippen LogP contribution is -2.19. The van der Waals surface area contributed by atoms with Crippen LogP contribution in [-0.2, 0) is 6.54 Å². The molecule has 10 nitrogen and oxygen atoms in total. The minimum atomic E-state index is -1.50. The summed E-state index contributed by atoms with van der Waals surface area (Å²) in [5.41, 5.74) is -1.18. The second-order valence-electron chi connectivity index (χ2n) is 4.62. The van der Waals surface area contributed by atoms with Crippen molar-refractivity contribution < 1.29 is 15.0 Å². The summed E-state index contributed by atoms with van der Waals surface area (Å²) in [5.74, 6) is -1.97. The van der Waals surface area contributed by atoms with E-state index in [4.69, 9.17) is 5.11 Å². The Labute approximate surface area is 141 Å². The molecule has 0 aromatic carbocycles. The highest BCUT2D eigenvalue weighted by Crippen LogP contribution is 2.21. The molecule has 4 N–H and O–H groups in total. The predicted molar refractivity (Wildman–Crippen MR) is 85.8 cm³/mol. The number of halogens is 1. The number of aromatic carboxylic acids is 1. The number of rotatable bonds is 4. The lowest BCUT2D eigenvalue weighted by molar-refractivity contribution is 0.0686. The molecule has 3 aromatic rings. The topological polar surface area (TPSA) is 154 Å². The number of aromatic nitrogens is 5. The van der Waals surface area contributed by atoms with E-state index in [1.165, 1.54) is 6.33 Å². The van der Waals surface area contributed by atoms with Gasteiger partial charge in [-0.1, -0.05) is 0 Å². The summed E-state index contributed by atoms with van der Waals surface area (Å²) < 4.78 is 0.733. The van der Waals surface area contributed by atoms with Gasteiger partial charge in [-0.15, -0.1) is 0 Å². The van der Waals surface area contributed by atoms with Gasteiger partial charge in [-0.3, -0.25) is 4.79 Å². The molecule has 0 amide bonds. The van der Waals surface area contributed by atoms with Crippen molar-refractivity contribution in [3.05, 3.63) is 44.9 Å². The number of hydrogen-bond acceptors (Lipinski definition) is 8. The van der Waals surface area contributed by atoms with Crippen molar-refractivity contribution in [1.29, 1.82) is 0 Å². The van der Waals surface area contributed by atoms with Crippen LogP contribution in [-0.4, -0.2) is 41.1 Å². The quantitative estimate of drug-likeness (QED) is 0.506. The second-order valence-corrected chi connectivity index (χ2v) is 5.53. The van der Waals surface area contributed by atoms with Gasteiger partial charge in [0.05, 0.1) is 11.9 Å². The van der Waals surface area contributed by atoms with Crippen molar-refractivity contribution in [2.24, 2.45) is 0 Å². The number of pyridine rings is 1. The average Bonchev–Trinajstić information content (AvgIpc) is 2.55. The Morgan fingerprint density at radius 1 is 1.33 bits per heavy atom. The number of nitrogens with one attached hydrogen (secondary N) is 2. The average molecular weight is 393 g/mol. The van der Waals surface area contributed by atoms with E-state index in [0.29, 0.717) is 16.9 Å². The number of anilines is 1. The lowest BCUT2D eigenvalue weighted by Gasteiger charge is -2.08. The van der Waals surface area contributed by atoms with Crippen LogP contribution in [0.15, 0.2) is 27.9 Å². The molecule has 0 radical (unpaired) electrons. The molecule has 0 aliphatic rings. The first kappa shape index (κ1) is 15.8. The van der Waals surface area contributed by atoms with E-state index in [9.17, 15) is 14.7 Å². The van der Waals surface area contributed by atoms with Crippen molar-refractivity contribution in [2.75, 3.05) is 5.32 Å². The Morgan fingerprint density at radius 2 is 2.12 bits per heavy atom. The van der Waals surface area contributed by atoms with Crippen LogP contribution in [0.2, 0.25) is 0 Å². The number of hydrogen-bond donors (Lipinski definition) is 4. The molecule has 3 aromatic heterocycles. The van der Waals surface area contributed by atoms with Crippen LogP contribution in [0.3, 0.4) is 0 Å². The van der Waals surface area contributed by atoms with Gasteiger partial charge in [0.1, 0.15) is 18.0 Å². The zero-order valence-electron chi connectivity index (χ0n) is 11.8. The Morgan fingerprint density at radius 3 is 2.88 bits per heavy atom. The predicted octanol–water partition coefficient (Wildman–Crippen LogP) is 0.887. The van der Waals surface area contributed by atoms with Crippen LogP contribution in [0.25, 0.3) is 11.0 Å². The third-order valence-corrected chi connectivity index (χ3v) is 3.46. The van der Waals surface area contributed by atoms with Gasteiger partial charge in [-0.25, -0.2) is 24.7 Å². The van der Waals surface area contributed by atoms with Gasteiger partial charge in [0.15, 0.2) is 11.3 Å². The van der Waals surface area contributed by atoms with E-state index in [1.807, 2.05) is 0 Å². The number of aromatic hydroxyl groups is 1. The van der Waals surface area contributed by atoms with Gasteiger partial charge in [0, 0.05) is 10.7 Å². The van der Waals surface area contributed by atoms with Crippen LogP contribution < -0.4 is 10.9 Å². The number of aromatic amines is 1. The molecule has 0 aliphatic carbocycles. The summed E-state index contributed by atoms with van der Waals surface area (Å²) in [7, 11) is 0. The van der Waals surface area contributed by atoms with Gasteiger partial charge >= 0.3 is 5.97 Å². The maximum atomic E-state index is 11.6. The fraction of sp³-hybridized carbons (Fsp3) is 0.0769. The SMILES string of the molecule is O=C(O)c1nc(CNc2ncnc3ncc(Br)cc23)[nH]c(=O)c1O. The maximum absolute atomic E-state index is 11.6. The van der Waals surface area contributed by atoms with Crippen molar-refractivity contribution in [3.8, 4) is 5.75 Å². The van der Waals surface area contributed by atoms with E-state index >= 15 is 0 Å². The number of carbonyl (C=O) groups is 1. The van der Waals surface area contributed by atoms with E-state index in [-0.39, 0.29) is 12.4 Å². The molecule has 122 valence electrons. The molecule has 3 rings (SSSR count). The van der Waals surface area contributed by atoms with E-state index in [1.54, 1.807) is 12.3 Å². The fourth-order valence-corrected chi connectivity index (χ4v) is 2.31. The standard InChI is InChI=1S/C13H9BrN6O4/c14-5-1-6-10(15-2-5)17-4-18-11(6)16-3-7-19-8(13(23)24)9(21)12(22)20-7/h1-2,4,21H,3H2,(H,23,24)(H,19,20,22)(H,15,16,17,18). The normalized spacial score (nSPS) is 10.7. The largest absolute Gasteiger partial charge is 0.501 e. The van der Waals surface area contributed by atoms with E-state index < -0.39 is 23.0 Å². The monoisotopic (exact) mass is 392 g/mol. The maximum Gasteiger partial charge on any atom is 0.358 e. The van der Waals surface area contributed by atoms with Gasteiger partial charge in [-0.05, 0) is 22.0 Å². The number of nitrogens with zero attached hydrogens (tertiary/aromatic N) is 4. The van der Waals surface area contributed by atoms with Gasteiger partial charge < -0.3 is 20.5 Å². The minimum absolute atomic E-state index is 0.0194. The molecule has 24 heavy (non-hydrogen) atoms. The molecule has 0 saturated carbocycles. The van der Waals surface area contributed by atoms with Crippen LogP contribution in [0.5, 0.6) is 5.75 Å². The van der Waals surface area contributed by atoms with Crippen LogP contribution in [0.4, 0.5) is 5.82 Å². The van der Waals surface area contributed by atoms with Crippen molar-refractivity contribution in [1.82, 2.24) is 24.9 Å². The first-order valence-corrected chi connectivity index (χ1v) is 7.30. The molecule has 11 heteroatoms. The summed E-state index contributed by atoms with van der Waals surface area (Å²) in [6.07, 6.45) is 2.92. The molecule has 0 unspecified atom stereocenters. The molecule has 0 fully saturated rings. The van der Waals surface area contributed by atoms with Crippen LogP contribution >= 0.6 is 15.9 Å². The van der Waals surface area contributed by atoms with Crippen molar-refractivity contribution in [2.45, 2.75) is 6.54 Å². The highest BCUT2D eigenvalue weighted by molar-refractivity contribution is 9.10. The van der Waals surface area contributed by atoms with E-state index in [2.05, 4.69) is 46.2 Å². The Kier molecular flexibility index (Phi) is 4.08. The molecule has 3 heterocycles. The Hall–Kier alpha value is -3.08. The van der Waals surface area contributed by atoms with Gasteiger partial charge in [-0.2, -0.15) is 0 Å². The smallest absolute Gasteiger partial charge is 0.358 e. The summed E-state index contributed by atoms with van der Waals surface area (Å²) in [5, 5.41) is 21.9. The summed E-state index contributed by atoms with van der Waals surface area (Å²) in [6.45, 7) is -0.0194. The second kappa shape index (κ2) is 6.20. The highest BCUT2D eigenvalue weighted by Gasteiger charge is 2.17. The molecule has 0 saturated heterocycles. The highest BCUT2D eigenvalue weighted by atomic mass is 79.9. The summed E-state index contributed by atoms with van der Waals surface area (Å²) >= 11 is 3.31. The third kappa shape index (κ3) is 3.01.